The molecule has 1 atom stereocenters. The number of halogens is 1. The summed E-state index contributed by atoms with van der Waals surface area (Å²) in [5.41, 5.74) is 1.64. The number of thiazole rings is 1. The number of anilines is 1. The van der Waals surface area contributed by atoms with Gasteiger partial charge in [0.25, 0.3) is 5.78 Å². The van der Waals surface area contributed by atoms with Crippen molar-refractivity contribution in [3.63, 3.8) is 0 Å². The summed E-state index contributed by atoms with van der Waals surface area (Å²) in [6.45, 7) is 3.23. The van der Waals surface area contributed by atoms with E-state index in [0.29, 0.717) is 58.8 Å². The summed E-state index contributed by atoms with van der Waals surface area (Å²) in [6.07, 6.45) is 0. The highest BCUT2D eigenvalue weighted by Crippen LogP contribution is 2.45. The predicted molar refractivity (Wildman–Crippen MR) is 147 cm³/mol. The molecule has 1 amide bonds. The van der Waals surface area contributed by atoms with Crippen LogP contribution in [0, 0.1) is 0 Å². The highest BCUT2D eigenvalue weighted by molar-refractivity contribution is 9.10. The maximum absolute atomic E-state index is 13.5. The Kier molecular flexibility index (Phi) is 6.29. The summed E-state index contributed by atoms with van der Waals surface area (Å²) in [4.78, 5) is 33.0. The molecule has 3 aromatic carbocycles. The molecule has 3 heterocycles. The third kappa shape index (κ3) is 4.19. The number of aromatic nitrogens is 1. The molecule has 1 fully saturated rings. The van der Waals surface area contributed by atoms with Crippen LogP contribution in [0.1, 0.15) is 24.1 Å². The fraction of sp³-hybridized carbons (Fsp3) is 0.179. The van der Waals surface area contributed by atoms with Crippen molar-refractivity contribution in [3.8, 4) is 17.2 Å². The van der Waals surface area contributed by atoms with Crippen LogP contribution in [0.4, 0.5) is 5.13 Å². The largest absolute Gasteiger partial charge is 0.507 e. The number of hydrogen-bond acceptors (Lipinski definition) is 8. The summed E-state index contributed by atoms with van der Waals surface area (Å²) in [5.74, 6) is -0.149. The molecule has 2 aliphatic rings. The summed E-state index contributed by atoms with van der Waals surface area (Å²) >= 11 is 4.77. The lowest BCUT2D eigenvalue weighted by molar-refractivity contribution is -0.132. The molecule has 0 unspecified atom stereocenters. The second-order valence-corrected chi connectivity index (χ2v) is 10.6. The standard InChI is InChI=1S/C28H21BrN2O6S/c1-2-35-18-7-8-19-22(14-18)38-28(30-19)31-24(15-4-3-5-17(29)12-15)23(26(33)27(31)34)25(32)16-6-9-20-21(13-16)37-11-10-36-20/h3-9,12-14,24,32H,2,10-11H2,1H3/t24-/m1/s1. The Morgan fingerprint density at radius 3 is 2.71 bits per heavy atom. The number of rotatable bonds is 5. The van der Waals surface area contributed by atoms with E-state index >= 15 is 0 Å². The molecule has 0 radical (unpaired) electrons. The van der Waals surface area contributed by atoms with E-state index in [2.05, 4.69) is 20.9 Å². The lowest BCUT2D eigenvalue weighted by atomic mass is 9.95. The minimum Gasteiger partial charge on any atom is -0.507 e. The molecule has 192 valence electrons. The Hall–Kier alpha value is -3.89. The molecule has 0 bridgehead atoms. The number of fused-ring (bicyclic) bond motifs is 2. The van der Waals surface area contributed by atoms with Gasteiger partial charge in [0.05, 0.1) is 28.4 Å². The molecule has 1 N–H and O–H groups in total. The topological polar surface area (TPSA) is 98.2 Å². The number of hydrogen-bond donors (Lipinski definition) is 1. The highest BCUT2D eigenvalue weighted by atomic mass is 79.9. The summed E-state index contributed by atoms with van der Waals surface area (Å²) in [7, 11) is 0. The van der Waals surface area contributed by atoms with Gasteiger partial charge in [-0.1, -0.05) is 39.4 Å². The van der Waals surface area contributed by atoms with Crippen molar-refractivity contribution >= 4 is 60.1 Å². The van der Waals surface area contributed by atoms with Crippen LogP contribution in [-0.4, -0.2) is 41.6 Å². The number of ether oxygens (including phenoxy) is 3. The molecule has 4 aromatic rings. The lowest BCUT2D eigenvalue weighted by Crippen LogP contribution is -2.29. The maximum Gasteiger partial charge on any atom is 0.301 e. The predicted octanol–water partition coefficient (Wildman–Crippen LogP) is 5.86. The van der Waals surface area contributed by atoms with Crippen molar-refractivity contribution < 1.29 is 28.9 Å². The highest BCUT2D eigenvalue weighted by Gasteiger charge is 2.48. The van der Waals surface area contributed by atoms with Gasteiger partial charge >= 0.3 is 5.91 Å². The molecule has 1 saturated heterocycles. The van der Waals surface area contributed by atoms with E-state index in [0.717, 1.165) is 9.17 Å². The lowest BCUT2D eigenvalue weighted by Gasteiger charge is -2.23. The number of amides is 1. The van der Waals surface area contributed by atoms with Crippen LogP contribution in [0.5, 0.6) is 17.2 Å². The summed E-state index contributed by atoms with van der Waals surface area (Å²) < 4.78 is 18.4. The minimum absolute atomic E-state index is 0.0287. The van der Waals surface area contributed by atoms with E-state index in [1.54, 1.807) is 18.2 Å². The smallest absolute Gasteiger partial charge is 0.301 e. The van der Waals surface area contributed by atoms with Crippen LogP contribution < -0.4 is 19.1 Å². The molecular weight excluding hydrogens is 572 g/mol. The van der Waals surface area contributed by atoms with Crippen LogP contribution in [0.2, 0.25) is 0 Å². The zero-order valence-electron chi connectivity index (χ0n) is 20.1. The van der Waals surface area contributed by atoms with Crippen molar-refractivity contribution in [2.75, 3.05) is 24.7 Å². The van der Waals surface area contributed by atoms with Crippen LogP contribution in [-0.2, 0) is 9.59 Å². The molecule has 1 aromatic heterocycles. The molecule has 0 spiro atoms. The zero-order chi connectivity index (χ0) is 26.4. The Morgan fingerprint density at radius 2 is 1.92 bits per heavy atom. The van der Waals surface area contributed by atoms with Crippen LogP contribution in [0.25, 0.3) is 16.0 Å². The number of nitrogens with zero attached hydrogens (tertiary/aromatic N) is 2. The van der Waals surface area contributed by atoms with Gasteiger partial charge in [0.15, 0.2) is 16.6 Å². The van der Waals surface area contributed by atoms with Gasteiger partial charge in [0, 0.05) is 10.0 Å². The quantitative estimate of drug-likeness (QED) is 0.176. The van der Waals surface area contributed by atoms with Gasteiger partial charge in [-0.25, -0.2) is 4.98 Å². The van der Waals surface area contributed by atoms with Crippen molar-refractivity contribution in [1.29, 1.82) is 0 Å². The first-order chi connectivity index (χ1) is 18.4. The fourth-order valence-corrected chi connectivity index (χ4v) is 6.06. The third-order valence-corrected chi connectivity index (χ3v) is 7.80. The van der Waals surface area contributed by atoms with Crippen LogP contribution >= 0.6 is 27.3 Å². The van der Waals surface area contributed by atoms with E-state index < -0.39 is 17.7 Å². The fourth-order valence-electron chi connectivity index (χ4n) is 4.62. The molecule has 38 heavy (non-hydrogen) atoms. The van der Waals surface area contributed by atoms with E-state index in [-0.39, 0.29) is 11.3 Å². The first-order valence-electron chi connectivity index (χ1n) is 11.9. The molecule has 8 nitrogen and oxygen atoms in total. The second-order valence-electron chi connectivity index (χ2n) is 8.64. The number of Topliss-reactive ketones (excluding diaryl/α,β-unsaturated/α-hetero) is 1. The van der Waals surface area contributed by atoms with E-state index in [9.17, 15) is 14.7 Å². The Bertz CT molecular complexity index is 1630. The Labute approximate surface area is 230 Å². The van der Waals surface area contributed by atoms with Crippen LogP contribution in [0.3, 0.4) is 0 Å². The molecule has 0 saturated carbocycles. The van der Waals surface area contributed by atoms with E-state index in [1.807, 2.05) is 49.4 Å². The monoisotopic (exact) mass is 592 g/mol. The minimum atomic E-state index is -0.896. The molecular formula is C28H21BrN2O6S. The average molecular weight is 593 g/mol. The normalized spacial score (nSPS) is 18.3. The molecule has 10 heteroatoms. The number of benzene rings is 3. The number of aliphatic hydroxyl groups is 1. The second kappa shape index (κ2) is 9.77. The van der Waals surface area contributed by atoms with Gasteiger partial charge < -0.3 is 19.3 Å². The summed E-state index contributed by atoms with van der Waals surface area (Å²) in [5, 5.41) is 11.8. The van der Waals surface area contributed by atoms with Crippen LogP contribution in [0.15, 0.2) is 70.7 Å². The SMILES string of the molecule is CCOc1ccc2nc(N3C(=O)C(=O)C(=C(O)c4ccc5c(c4)OCCO5)[C@H]3c3cccc(Br)c3)sc2c1. The third-order valence-electron chi connectivity index (χ3n) is 6.29. The van der Waals surface area contributed by atoms with Gasteiger partial charge in [0.2, 0.25) is 0 Å². The Balaban J connectivity index is 1.51. The van der Waals surface area contributed by atoms with Gasteiger partial charge in [-0.15, -0.1) is 0 Å². The van der Waals surface area contributed by atoms with Crippen molar-refractivity contribution in [2.24, 2.45) is 0 Å². The number of ketones is 1. The van der Waals surface area contributed by atoms with Gasteiger partial charge in [-0.3, -0.25) is 14.5 Å². The number of carbonyl (C=O) groups excluding carboxylic acids is 2. The Morgan fingerprint density at radius 1 is 1.11 bits per heavy atom. The number of carbonyl (C=O) groups is 2. The maximum atomic E-state index is 13.5. The first-order valence-corrected chi connectivity index (χ1v) is 13.6. The zero-order valence-corrected chi connectivity index (χ0v) is 22.5. The van der Waals surface area contributed by atoms with Crippen molar-refractivity contribution in [1.82, 2.24) is 4.98 Å². The van der Waals surface area contributed by atoms with Crippen molar-refractivity contribution in [2.45, 2.75) is 13.0 Å². The van der Waals surface area contributed by atoms with E-state index in [1.165, 1.54) is 16.2 Å². The van der Waals surface area contributed by atoms with Crippen molar-refractivity contribution in [3.05, 3.63) is 81.8 Å². The average Bonchev–Trinajstić information content (AvgIpc) is 3.46. The molecule has 0 aliphatic carbocycles. The van der Waals surface area contributed by atoms with Gasteiger partial charge in [-0.05, 0) is 61.0 Å². The van der Waals surface area contributed by atoms with Gasteiger partial charge in [0.1, 0.15) is 24.7 Å². The number of aliphatic hydroxyl groups excluding tert-OH is 1. The van der Waals surface area contributed by atoms with Gasteiger partial charge in [-0.2, -0.15) is 0 Å². The van der Waals surface area contributed by atoms with E-state index in [4.69, 9.17) is 14.2 Å². The summed E-state index contributed by atoms with van der Waals surface area (Å²) in [6, 6.07) is 16.8. The first kappa shape index (κ1) is 24.4. The molecule has 6 rings (SSSR count). The molecule has 2 aliphatic heterocycles.